The van der Waals surface area contributed by atoms with Gasteiger partial charge in [0.2, 0.25) is 0 Å². The van der Waals surface area contributed by atoms with Crippen LogP contribution in [0.15, 0.2) is 16.2 Å². The van der Waals surface area contributed by atoms with E-state index in [0.29, 0.717) is 11.4 Å². The van der Waals surface area contributed by atoms with Gasteiger partial charge in [-0.05, 0) is 37.0 Å². The molecule has 0 aromatic carbocycles. The highest BCUT2D eigenvalue weighted by atomic mass is 32.1. The van der Waals surface area contributed by atoms with Gasteiger partial charge in [0.1, 0.15) is 4.83 Å². The van der Waals surface area contributed by atoms with Gasteiger partial charge in [0.25, 0.3) is 5.56 Å². The number of aromatic nitrogens is 2. The molecule has 2 unspecified atom stereocenters. The van der Waals surface area contributed by atoms with Crippen LogP contribution in [0.5, 0.6) is 0 Å². The Labute approximate surface area is 126 Å². The third kappa shape index (κ3) is 1.89. The highest BCUT2D eigenvalue weighted by Crippen LogP contribution is 2.50. The number of nitrogens with zero attached hydrogens (tertiary/aromatic N) is 1. The summed E-state index contributed by atoms with van der Waals surface area (Å²) in [5, 5.41) is 2.63. The number of nitrogens with one attached hydrogen (secondary N) is 1. The maximum atomic E-state index is 12.6. The van der Waals surface area contributed by atoms with E-state index in [9.17, 15) is 4.79 Å². The third-order valence-corrected chi connectivity index (χ3v) is 5.49. The second-order valence-corrected chi connectivity index (χ2v) is 7.09. The van der Waals surface area contributed by atoms with E-state index in [2.05, 4.69) is 18.8 Å². The fourth-order valence-corrected chi connectivity index (χ4v) is 4.18. The highest BCUT2D eigenvalue weighted by molar-refractivity contribution is 7.71. The Morgan fingerprint density at radius 2 is 2.35 bits per heavy atom. The molecule has 0 amide bonds. The van der Waals surface area contributed by atoms with Crippen molar-refractivity contribution >= 4 is 33.8 Å². The molecule has 108 valence electrons. The standard InChI is InChI=1S/C14H18N2O2S2/c1-4-18-10-7-9(14(10,2)3)16-12(17)8-5-6-20-11(8)15-13(16)19/h5-6,9-10H,4,7H2,1-3H3,(H,15,19). The average molecular weight is 310 g/mol. The van der Waals surface area contributed by atoms with Crippen molar-refractivity contribution in [2.75, 3.05) is 6.61 Å². The van der Waals surface area contributed by atoms with Crippen LogP contribution in [0.2, 0.25) is 0 Å². The Morgan fingerprint density at radius 1 is 1.60 bits per heavy atom. The Kier molecular flexibility index (Phi) is 3.35. The smallest absolute Gasteiger partial charge is 0.263 e. The molecule has 2 heterocycles. The van der Waals surface area contributed by atoms with E-state index in [0.717, 1.165) is 16.6 Å². The third-order valence-electron chi connectivity index (χ3n) is 4.36. The Balaban J connectivity index is 2.08. The number of fused-ring (bicyclic) bond motifs is 1. The molecule has 2 atom stereocenters. The van der Waals surface area contributed by atoms with Crippen LogP contribution in [0.4, 0.5) is 0 Å². The average Bonchev–Trinajstić information content (AvgIpc) is 2.85. The predicted octanol–water partition coefficient (Wildman–Crippen LogP) is 3.50. The lowest BCUT2D eigenvalue weighted by Crippen LogP contribution is -2.53. The molecule has 0 saturated heterocycles. The topological polar surface area (TPSA) is 47.0 Å². The molecule has 1 aliphatic carbocycles. The van der Waals surface area contributed by atoms with Crippen molar-refractivity contribution in [2.45, 2.75) is 39.3 Å². The van der Waals surface area contributed by atoms with E-state index in [1.807, 2.05) is 18.4 Å². The van der Waals surface area contributed by atoms with Crippen molar-refractivity contribution in [3.05, 3.63) is 26.6 Å². The molecule has 1 saturated carbocycles. The number of ether oxygens (including phenoxy) is 1. The summed E-state index contributed by atoms with van der Waals surface area (Å²) in [6.45, 7) is 6.98. The Hall–Kier alpha value is -0.980. The summed E-state index contributed by atoms with van der Waals surface area (Å²) in [5.41, 5.74) is -0.0664. The lowest BCUT2D eigenvalue weighted by atomic mass is 9.64. The molecule has 6 heteroatoms. The second kappa shape index (κ2) is 4.79. The minimum Gasteiger partial charge on any atom is -0.378 e. The summed E-state index contributed by atoms with van der Waals surface area (Å²) in [4.78, 5) is 16.7. The first-order valence-corrected chi connectivity index (χ1v) is 8.09. The van der Waals surface area contributed by atoms with Gasteiger partial charge < -0.3 is 9.72 Å². The molecule has 0 aliphatic heterocycles. The molecule has 0 spiro atoms. The SMILES string of the molecule is CCOC1CC(n2c(=S)[nH]c3sccc3c2=O)C1(C)C. The Bertz CT molecular complexity index is 756. The molecule has 0 radical (unpaired) electrons. The summed E-state index contributed by atoms with van der Waals surface area (Å²) >= 11 is 6.90. The van der Waals surface area contributed by atoms with Crippen molar-refractivity contribution in [1.82, 2.24) is 9.55 Å². The van der Waals surface area contributed by atoms with Crippen molar-refractivity contribution < 1.29 is 4.74 Å². The van der Waals surface area contributed by atoms with Crippen LogP contribution in [0, 0.1) is 10.2 Å². The lowest BCUT2D eigenvalue weighted by molar-refractivity contribution is -0.129. The van der Waals surface area contributed by atoms with Crippen LogP contribution >= 0.6 is 23.6 Å². The number of hydrogen-bond acceptors (Lipinski definition) is 4. The van der Waals surface area contributed by atoms with Gasteiger partial charge in [-0.1, -0.05) is 13.8 Å². The fourth-order valence-electron chi connectivity index (χ4n) is 3.02. The van der Waals surface area contributed by atoms with E-state index in [4.69, 9.17) is 17.0 Å². The molecule has 4 nitrogen and oxygen atoms in total. The lowest BCUT2D eigenvalue weighted by Gasteiger charge is -2.51. The Morgan fingerprint density at radius 3 is 3.00 bits per heavy atom. The van der Waals surface area contributed by atoms with Gasteiger partial charge in [-0.15, -0.1) is 11.3 Å². The maximum Gasteiger partial charge on any atom is 0.263 e. The van der Waals surface area contributed by atoms with Crippen LogP contribution in [0.25, 0.3) is 10.2 Å². The van der Waals surface area contributed by atoms with E-state index in [-0.39, 0.29) is 23.1 Å². The summed E-state index contributed by atoms with van der Waals surface area (Å²) in [6.07, 6.45) is 1.03. The summed E-state index contributed by atoms with van der Waals surface area (Å²) in [5.74, 6) is 0. The molecular formula is C14H18N2O2S2. The molecular weight excluding hydrogens is 292 g/mol. The molecule has 0 bridgehead atoms. The first-order valence-electron chi connectivity index (χ1n) is 6.80. The first-order chi connectivity index (χ1) is 9.46. The summed E-state index contributed by atoms with van der Waals surface area (Å²) < 4.78 is 7.99. The number of hydrogen-bond donors (Lipinski definition) is 1. The number of H-pyrrole nitrogens is 1. The van der Waals surface area contributed by atoms with E-state index >= 15 is 0 Å². The van der Waals surface area contributed by atoms with Gasteiger partial charge in [0, 0.05) is 18.1 Å². The van der Waals surface area contributed by atoms with E-state index < -0.39 is 0 Å². The zero-order valence-electron chi connectivity index (χ0n) is 11.8. The predicted molar refractivity (Wildman–Crippen MR) is 84.1 cm³/mol. The zero-order valence-corrected chi connectivity index (χ0v) is 13.4. The van der Waals surface area contributed by atoms with Crippen LogP contribution in [0.1, 0.15) is 33.2 Å². The largest absolute Gasteiger partial charge is 0.378 e. The van der Waals surface area contributed by atoms with Crippen LogP contribution < -0.4 is 5.56 Å². The summed E-state index contributed by atoms with van der Waals surface area (Å²) in [6, 6.07) is 1.95. The molecule has 2 aromatic rings. The molecule has 1 aliphatic rings. The number of thiophene rings is 1. The number of aromatic amines is 1. The fraction of sp³-hybridized carbons (Fsp3) is 0.571. The van der Waals surface area contributed by atoms with Gasteiger partial charge in [0.05, 0.1) is 11.5 Å². The van der Waals surface area contributed by atoms with Crippen LogP contribution in [-0.2, 0) is 4.74 Å². The van der Waals surface area contributed by atoms with Gasteiger partial charge in [-0.3, -0.25) is 9.36 Å². The van der Waals surface area contributed by atoms with Gasteiger partial charge in [-0.25, -0.2) is 0 Å². The highest BCUT2D eigenvalue weighted by Gasteiger charge is 2.50. The van der Waals surface area contributed by atoms with Crippen LogP contribution in [0.3, 0.4) is 0 Å². The molecule has 20 heavy (non-hydrogen) atoms. The monoisotopic (exact) mass is 310 g/mol. The molecule has 3 rings (SSSR count). The van der Waals surface area contributed by atoms with Gasteiger partial charge in [-0.2, -0.15) is 0 Å². The van der Waals surface area contributed by atoms with Gasteiger partial charge in [0.15, 0.2) is 4.77 Å². The maximum absolute atomic E-state index is 12.6. The van der Waals surface area contributed by atoms with Crippen molar-refractivity contribution in [3.63, 3.8) is 0 Å². The number of rotatable bonds is 3. The first kappa shape index (κ1) is 14.0. The zero-order chi connectivity index (χ0) is 14.5. The van der Waals surface area contributed by atoms with Crippen molar-refractivity contribution in [1.29, 1.82) is 0 Å². The second-order valence-electron chi connectivity index (χ2n) is 5.79. The molecule has 2 aromatic heterocycles. The normalized spacial score (nSPS) is 24.8. The quantitative estimate of drug-likeness (QED) is 0.883. The molecule has 1 fully saturated rings. The van der Waals surface area contributed by atoms with Crippen molar-refractivity contribution in [3.8, 4) is 0 Å². The van der Waals surface area contributed by atoms with Crippen LogP contribution in [-0.4, -0.2) is 22.3 Å². The van der Waals surface area contributed by atoms with E-state index in [1.54, 1.807) is 4.57 Å². The minimum atomic E-state index is -0.0784. The molecule has 1 N–H and O–H groups in total. The summed E-state index contributed by atoms with van der Waals surface area (Å²) in [7, 11) is 0. The minimum absolute atomic E-state index is 0.0121. The van der Waals surface area contributed by atoms with Gasteiger partial charge >= 0.3 is 0 Å². The van der Waals surface area contributed by atoms with E-state index in [1.165, 1.54) is 11.3 Å². The van der Waals surface area contributed by atoms with Crippen molar-refractivity contribution in [2.24, 2.45) is 5.41 Å².